The quantitative estimate of drug-likeness (QED) is 0.251. The minimum absolute atomic E-state index is 0.616. The molecule has 0 atom stereocenters. The molecule has 2 aromatic heterocycles. The topological polar surface area (TPSA) is 34.3 Å². The lowest BCUT2D eigenvalue weighted by molar-refractivity contribution is 0.752. The van der Waals surface area contributed by atoms with E-state index in [0.717, 1.165) is 64.7 Å². The van der Waals surface area contributed by atoms with Crippen LogP contribution in [-0.2, 0) is 12.8 Å². The molecule has 0 radical (unpaired) electrons. The molecule has 0 spiro atoms. The number of anilines is 1. The number of nitrogens with one attached hydrogen (secondary N) is 1. The Labute approximate surface area is 221 Å². The van der Waals surface area contributed by atoms with Crippen LogP contribution >= 0.6 is 23.8 Å². The van der Waals surface area contributed by atoms with E-state index < -0.39 is 0 Å². The van der Waals surface area contributed by atoms with E-state index in [1.54, 1.807) is 0 Å². The fourth-order valence-electron chi connectivity index (χ4n) is 5.11. The molecule has 6 heteroatoms. The fraction of sp³-hybridized carbons (Fsp3) is 0.200. The van der Waals surface area contributed by atoms with Crippen molar-refractivity contribution < 1.29 is 0 Å². The Morgan fingerprint density at radius 2 is 1.39 bits per heavy atom. The molecule has 36 heavy (non-hydrogen) atoms. The number of aromatic nitrogens is 3. The van der Waals surface area contributed by atoms with E-state index in [0.29, 0.717) is 5.11 Å². The van der Waals surface area contributed by atoms with Crippen LogP contribution in [0.2, 0.25) is 5.02 Å². The highest BCUT2D eigenvalue weighted by atomic mass is 35.5. The van der Waals surface area contributed by atoms with Gasteiger partial charge in [-0.2, -0.15) is 0 Å². The van der Waals surface area contributed by atoms with Crippen LogP contribution in [0.15, 0.2) is 72.8 Å². The fourth-order valence-corrected chi connectivity index (χ4v) is 5.53. The number of hydrogen-bond acceptors (Lipinski definition) is 2. The minimum atomic E-state index is 0.616. The maximum Gasteiger partial charge on any atom is 0.222 e. The Morgan fingerprint density at radius 1 is 0.806 bits per heavy atom. The Hall–Kier alpha value is -3.41. The van der Waals surface area contributed by atoms with Crippen molar-refractivity contribution >= 4 is 40.4 Å². The SMILES string of the molecule is Cc1ccc(NC(=S)n2c(-c3ccc(C)cc3)c3n4c(c(-c5ccc(Cl)cc5)nc24)CCCC3)cc1. The average molecular weight is 511 g/mol. The van der Waals surface area contributed by atoms with Crippen molar-refractivity contribution in [2.24, 2.45) is 0 Å². The Bertz CT molecular complexity index is 1580. The van der Waals surface area contributed by atoms with Gasteiger partial charge in [0.2, 0.25) is 5.78 Å². The second kappa shape index (κ2) is 9.23. The Morgan fingerprint density at radius 3 is 2.06 bits per heavy atom. The van der Waals surface area contributed by atoms with Gasteiger partial charge in [-0.15, -0.1) is 0 Å². The molecule has 3 heterocycles. The number of nitrogens with zero attached hydrogens (tertiary/aromatic N) is 3. The molecule has 0 unspecified atom stereocenters. The van der Waals surface area contributed by atoms with E-state index >= 15 is 0 Å². The van der Waals surface area contributed by atoms with E-state index in [2.05, 4.69) is 88.8 Å². The predicted octanol–water partition coefficient (Wildman–Crippen LogP) is 7.86. The number of rotatable bonds is 3. The van der Waals surface area contributed by atoms with Gasteiger partial charge in [0.25, 0.3) is 0 Å². The zero-order valence-corrected chi connectivity index (χ0v) is 22.0. The molecule has 1 aliphatic heterocycles. The Kier molecular flexibility index (Phi) is 5.90. The molecule has 6 rings (SSSR count). The van der Waals surface area contributed by atoms with Gasteiger partial charge in [0.05, 0.1) is 22.8 Å². The third-order valence-electron chi connectivity index (χ3n) is 6.95. The molecule has 5 aromatic rings. The molecule has 1 N–H and O–H groups in total. The number of halogens is 1. The first kappa shape index (κ1) is 23.0. The van der Waals surface area contributed by atoms with Crippen LogP contribution in [0.5, 0.6) is 0 Å². The molecule has 0 fully saturated rings. The molecule has 1 aliphatic rings. The van der Waals surface area contributed by atoms with Crippen LogP contribution in [0.3, 0.4) is 0 Å². The van der Waals surface area contributed by atoms with Crippen molar-refractivity contribution in [1.29, 1.82) is 0 Å². The van der Waals surface area contributed by atoms with Crippen molar-refractivity contribution in [2.75, 3.05) is 5.32 Å². The van der Waals surface area contributed by atoms with E-state index in [1.165, 1.54) is 22.5 Å². The third-order valence-corrected chi connectivity index (χ3v) is 7.48. The highest BCUT2D eigenvalue weighted by molar-refractivity contribution is 7.80. The van der Waals surface area contributed by atoms with E-state index in [-0.39, 0.29) is 0 Å². The van der Waals surface area contributed by atoms with E-state index in [4.69, 9.17) is 28.8 Å². The zero-order chi connectivity index (χ0) is 24.8. The van der Waals surface area contributed by atoms with Gasteiger partial charge in [-0.1, -0.05) is 71.3 Å². The lowest BCUT2D eigenvalue weighted by Gasteiger charge is -2.14. The molecule has 0 amide bonds. The molecule has 180 valence electrons. The number of benzene rings is 3. The summed E-state index contributed by atoms with van der Waals surface area (Å²) < 4.78 is 4.48. The summed E-state index contributed by atoms with van der Waals surface area (Å²) in [5, 5.41) is 4.81. The molecule has 4 nitrogen and oxygen atoms in total. The monoisotopic (exact) mass is 510 g/mol. The molecule has 0 aliphatic carbocycles. The third kappa shape index (κ3) is 4.02. The van der Waals surface area contributed by atoms with Crippen molar-refractivity contribution in [3.05, 3.63) is 100 Å². The second-order valence-corrected chi connectivity index (χ2v) is 10.4. The number of imidazole rings is 2. The van der Waals surface area contributed by atoms with Gasteiger partial charge >= 0.3 is 0 Å². The molecule has 0 bridgehead atoms. The summed E-state index contributed by atoms with van der Waals surface area (Å²) >= 11 is 12.3. The molecule has 0 saturated heterocycles. The minimum Gasteiger partial charge on any atom is -0.332 e. The normalized spacial score (nSPS) is 13.1. The standard InChI is InChI=1S/C30H27ClN4S/c1-19-7-11-22(12-8-19)28-26-6-4-3-5-25-27(21-13-15-23(31)16-14-21)33-29(34(25)26)35(28)30(36)32-24-17-9-20(2)10-18-24/h7-18H,3-6H2,1-2H3,(H,32,36). The average Bonchev–Trinajstić information content (AvgIpc) is 3.29. The lowest BCUT2D eigenvalue weighted by atomic mass is 10.0. The van der Waals surface area contributed by atoms with Crippen LogP contribution in [-0.4, -0.2) is 19.1 Å². The van der Waals surface area contributed by atoms with Crippen LogP contribution in [0.1, 0.15) is 35.4 Å². The van der Waals surface area contributed by atoms with Gasteiger partial charge in [0.15, 0.2) is 5.11 Å². The number of hydrogen-bond donors (Lipinski definition) is 1. The molecule has 3 aromatic carbocycles. The summed E-state index contributed by atoms with van der Waals surface area (Å²) in [5.74, 6) is 0.854. The predicted molar refractivity (Wildman–Crippen MR) is 153 cm³/mol. The lowest BCUT2D eigenvalue weighted by Crippen LogP contribution is -2.20. The van der Waals surface area contributed by atoms with E-state index in [9.17, 15) is 0 Å². The maximum absolute atomic E-state index is 6.19. The number of aryl methyl sites for hydroxylation is 4. The highest BCUT2D eigenvalue weighted by Gasteiger charge is 2.28. The van der Waals surface area contributed by atoms with Gasteiger partial charge < -0.3 is 5.32 Å². The summed E-state index contributed by atoms with van der Waals surface area (Å²) in [4.78, 5) is 5.22. The summed E-state index contributed by atoms with van der Waals surface area (Å²) in [6, 6.07) is 25.0. The van der Waals surface area contributed by atoms with Crippen molar-refractivity contribution in [3.63, 3.8) is 0 Å². The van der Waals surface area contributed by atoms with Crippen LogP contribution < -0.4 is 5.32 Å². The highest BCUT2D eigenvalue weighted by Crippen LogP contribution is 2.37. The van der Waals surface area contributed by atoms with Crippen molar-refractivity contribution in [3.8, 4) is 22.5 Å². The smallest absolute Gasteiger partial charge is 0.222 e. The van der Waals surface area contributed by atoms with Gasteiger partial charge in [-0.3, -0.25) is 8.97 Å². The van der Waals surface area contributed by atoms with Crippen molar-refractivity contribution in [2.45, 2.75) is 39.5 Å². The molecular weight excluding hydrogens is 484 g/mol. The maximum atomic E-state index is 6.19. The van der Waals surface area contributed by atoms with Crippen LogP contribution in [0.25, 0.3) is 28.3 Å². The zero-order valence-electron chi connectivity index (χ0n) is 20.4. The summed E-state index contributed by atoms with van der Waals surface area (Å²) in [5.41, 5.74) is 10.3. The van der Waals surface area contributed by atoms with Gasteiger partial charge in [0, 0.05) is 21.8 Å². The summed E-state index contributed by atoms with van der Waals surface area (Å²) in [7, 11) is 0. The summed E-state index contributed by atoms with van der Waals surface area (Å²) in [6.07, 6.45) is 4.20. The number of thiocarbonyl (C=S) groups is 1. The second-order valence-electron chi connectivity index (χ2n) is 9.55. The molecule has 0 saturated carbocycles. The van der Waals surface area contributed by atoms with Crippen LogP contribution in [0, 0.1) is 13.8 Å². The largest absolute Gasteiger partial charge is 0.332 e. The van der Waals surface area contributed by atoms with Crippen molar-refractivity contribution in [1.82, 2.24) is 14.0 Å². The van der Waals surface area contributed by atoms with Gasteiger partial charge in [0.1, 0.15) is 0 Å². The first-order chi connectivity index (χ1) is 17.5. The van der Waals surface area contributed by atoms with E-state index in [1.807, 2.05) is 12.1 Å². The van der Waals surface area contributed by atoms with Gasteiger partial charge in [-0.25, -0.2) is 4.98 Å². The first-order valence-corrected chi connectivity index (χ1v) is 13.1. The van der Waals surface area contributed by atoms with Gasteiger partial charge in [-0.05, 0) is 76.0 Å². The summed E-state index contributed by atoms with van der Waals surface area (Å²) in [6.45, 7) is 4.20. The molecular formula is C30H27ClN4S. The Balaban J connectivity index is 1.60. The first-order valence-electron chi connectivity index (χ1n) is 12.4. The van der Waals surface area contributed by atoms with Crippen LogP contribution in [0.4, 0.5) is 5.69 Å².